The summed E-state index contributed by atoms with van der Waals surface area (Å²) in [6.07, 6.45) is 1.49. The number of carbonyl (C=O) groups excluding carboxylic acids is 2. The minimum Gasteiger partial charge on any atom is -0.480 e. The van der Waals surface area contributed by atoms with Gasteiger partial charge in [-0.05, 0) is 18.3 Å². The summed E-state index contributed by atoms with van der Waals surface area (Å²) in [6.45, 7) is 5.58. The van der Waals surface area contributed by atoms with Crippen molar-refractivity contribution in [3.05, 3.63) is 0 Å². The molecule has 5 N–H and O–H groups in total. The molecule has 0 aromatic carbocycles. The van der Waals surface area contributed by atoms with Gasteiger partial charge in [0.05, 0.1) is 0 Å². The number of carboxylic acids is 1. The van der Waals surface area contributed by atoms with E-state index in [4.69, 9.17) is 10.8 Å². The Kier molecular flexibility index (Phi) is 6.89. The molecule has 110 valence electrons. The van der Waals surface area contributed by atoms with E-state index in [1.54, 1.807) is 20.8 Å². The zero-order chi connectivity index (χ0) is 15.1. The average Bonchev–Trinajstić information content (AvgIpc) is 2.23. The van der Waals surface area contributed by atoms with Gasteiger partial charge in [0.2, 0.25) is 5.91 Å². The maximum atomic E-state index is 11.5. The third-order valence-corrected chi connectivity index (χ3v) is 2.52. The fraction of sp³-hybridized carbons (Fsp3) is 0.750. The van der Waals surface area contributed by atoms with Crippen LogP contribution in [0.25, 0.3) is 0 Å². The molecule has 0 saturated heterocycles. The monoisotopic (exact) mass is 273 g/mol. The minimum atomic E-state index is -1.07. The van der Waals surface area contributed by atoms with E-state index in [1.165, 1.54) is 0 Å². The summed E-state index contributed by atoms with van der Waals surface area (Å²) in [5.74, 6) is -1.44. The van der Waals surface area contributed by atoms with E-state index in [9.17, 15) is 14.4 Å². The molecule has 0 aliphatic heterocycles. The van der Waals surface area contributed by atoms with Gasteiger partial charge in [0.15, 0.2) is 0 Å². The molecule has 0 aliphatic carbocycles. The number of aliphatic carboxylic acids is 1. The molecule has 1 atom stereocenters. The van der Waals surface area contributed by atoms with Gasteiger partial charge in [-0.2, -0.15) is 0 Å². The van der Waals surface area contributed by atoms with E-state index in [-0.39, 0.29) is 12.3 Å². The summed E-state index contributed by atoms with van der Waals surface area (Å²) < 4.78 is 0. The summed E-state index contributed by atoms with van der Waals surface area (Å²) in [7, 11) is 0. The van der Waals surface area contributed by atoms with Crippen molar-refractivity contribution < 1.29 is 19.5 Å². The molecule has 0 aromatic heterocycles. The molecule has 0 bridgehead atoms. The first-order valence-corrected chi connectivity index (χ1v) is 6.20. The second kappa shape index (κ2) is 7.60. The number of unbranched alkanes of at least 4 members (excludes halogenated alkanes) is 1. The molecule has 0 radical (unpaired) electrons. The standard InChI is InChI=1S/C12H23N3O4/c1-12(2,3)9(10(17)18)15-11(19)14-7-5-4-6-8(13)16/h9H,4-7H2,1-3H3,(H2,13,16)(H,17,18)(H2,14,15,19). The third kappa shape index (κ3) is 8.01. The van der Waals surface area contributed by atoms with Gasteiger partial charge < -0.3 is 21.5 Å². The summed E-state index contributed by atoms with van der Waals surface area (Å²) in [5, 5.41) is 14.0. The summed E-state index contributed by atoms with van der Waals surface area (Å²) in [5.41, 5.74) is 4.40. The highest BCUT2D eigenvalue weighted by molar-refractivity contribution is 5.83. The molecule has 1 unspecified atom stereocenters. The molecule has 0 aliphatic rings. The van der Waals surface area contributed by atoms with Crippen LogP contribution in [0.2, 0.25) is 0 Å². The van der Waals surface area contributed by atoms with Crippen LogP contribution in [-0.4, -0.2) is 35.6 Å². The van der Waals surface area contributed by atoms with Gasteiger partial charge in [0.25, 0.3) is 0 Å². The normalized spacial score (nSPS) is 12.6. The Morgan fingerprint density at radius 2 is 1.79 bits per heavy atom. The molecule has 7 nitrogen and oxygen atoms in total. The summed E-state index contributed by atoms with van der Waals surface area (Å²) in [4.78, 5) is 33.0. The number of amides is 3. The first-order valence-electron chi connectivity index (χ1n) is 6.20. The number of carboxylic acid groups (broad SMARTS) is 1. The van der Waals surface area contributed by atoms with Crippen molar-refractivity contribution in [1.29, 1.82) is 0 Å². The fourth-order valence-electron chi connectivity index (χ4n) is 1.46. The lowest BCUT2D eigenvalue weighted by atomic mass is 9.87. The van der Waals surface area contributed by atoms with E-state index in [2.05, 4.69) is 10.6 Å². The Morgan fingerprint density at radius 1 is 1.21 bits per heavy atom. The summed E-state index contributed by atoms with van der Waals surface area (Å²) >= 11 is 0. The molecular formula is C12H23N3O4. The van der Waals surface area contributed by atoms with E-state index in [1.807, 2.05) is 0 Å². The van der Waals surface area contributed by atoms with E-state index in [0.717, 1.165) is 0 Å². The number of carbonyl (C=O) groups is 3. The highest BCUT2D eigenvalue weighted by Crippen LogP contribution is 2.19. The van der Waals surface area contributed by atoms with E-state index in [0.29, 0.717) is 19.4 Å². The molecule has 0 spiro atoms. The predicted octanol–water partition coefficient (Wildman–Crippen LogP) is 0.441. The lowest BCUT2D eigenvalue weighted by Crippen LogP contribution is -2.52. The van der Waals surface area contributed by atoms with Crippen LogP contribution in [0.15, 0.2) is 0 Å². The molecule has 0 heterocycles. The lowest BCUT2D eigenvalue weighted by Gasteiger charge is -2.27. The Bertz CT molecular complexity index is 336. The van der Waals surface area contributed by atoms with Crippen LogP contribution in [0.1, 0.15) is 40.0 Å². The predicted molar refractivity (Wildman–Crippen MR) is 70.5 cm³/mol. The van der Waals surface area contributed by atoms with Gasteiger partial charge in [-0.1, -0.05) is 20.8 Å². The topological polar surface area (TPSA) is 122 Å². The summed E-state index contributed by atoms with van der Waals surface area (Å²) in [6, 6.07) is -1.49. The Balaban J connectivity index is 4.02. The molecule has 0 rings (SSSR count). The molecule has 0 aromatic rings. The number of nitrogens with one attached hydrogen (secondary N) is 2. The highest BCUT2D eigenvalue weighted by Gasteiger charge is 2.32. The maximum absolute atomic E-state index is 11.5. The number of primary amides is 1. The molecule has 0 saturated carbocycles. The van der Waals surface area contributed by atoms with Crippen LogP contribution in [0.4, 0.5) is 4.79 Å². The smallest absolute Gasteiger partial charge is 0.326 e. The second-order valence-corrected chi connectivity index (χ2v) is 5.46. The van der Waals surface area contributed by atoms with Crippen LogP contribution in [0.5, 0.6) is 0 Å². The van der Waals surface area contributed by atoms with Crippen LogP contribution in [-0.2, 0) is 9.59 Å². The first-order chi connectivity index (χ1) is 8.64. The van der Waals surface area contributed by atoms with Crippen molar-refractivity contribution >= 4 is 17.9 Å². The largest absolute Gasteiger partial charge is 0.480 e. The van der Waals surface area contributed by atoms with Gasteiger partial charge in [0.1, 0.15) is 6.04 Å². The number of rotatable bonds is 7. The number of hydrogen-bond acceptors (Lipinski definition) is 3. The van der Waals surface area contributed by atoms with E-state index >= 15 is 0 Å². The maximum Gasteiger partial charge on any atom is 0.326 e. The molecule has 19 heavy (non-hydrogen) atoms. The SMILES string of the molecule is CC(C)(C)C(NC(=O)NCCCCC(N)=O)C(=O)O. The molecule has 3 amide bonds. The second-order valence-electron chi connectivity index (χ2n) is 5.46. The Hall–Kier alpha value is -1.79. The van der Waals surface area contributed by atoms with Crippen LogP contribution < -0.4 is 16.4 Å². The zero-order valence-corrected chi connectivity index (χ0v) is 11.7. The van der Waals surface area contributed by atoms with Crippen molar-refractivity contribution in [3.8, 4) is 0 Å². The lowest BCUT2D eigenvalue weighted by molar-refractivity contribution is -0.141. The minimum absolute atomic E-state index is 0.281. The first kappa shape index (κ1) is 17.2. The van der Waals surface area contributed by atoms with Gasteiger partial charge in [-0.3, -0.25) is 4.79 Å². The zero-order valence-electron chi connectivity index (χ0n) is 11.7. The van der Waals surface area contributed by atoms with E-state index < -0.39 is 23.5 Å². The van der Waals surface area contributed by atoms with Crippen molar-refractivity contribution in [2.75, 3.05) is 6.54 Å². The highest BCUT2D eigenvalue weighted by atomic mass is 16.4. The Morgan fingerprint density at radius 3 is 2.21 bits per heavy atom. The van der Waals surface area contributed by atoms with Gasteiger partial charge in [-0.15, -0.1) is 0 Å². The fourth-order valence-corrected chi connectivity index (χ4v) is 1.46. The molecular weight excluding hydrogens is 250 g/mol. The Labute approximate surface area is 112 Å². The molecule has 7 heteroatoms. The van der Waals surface area contributed by atoms with Crippen molar-refractivity contribution in [2.24, 2.45) is 11.1 Å². The average molecular weight is 273 g/mol. The van der Waals surface area contributed by atoms with Crippen LogP contribution in [0.3, 0.4) is 0 Å². The van der Waals surface area contributed by atoms with Gasteiger partial charge in [-0.25, -0.2) is 9.59 Å². The van der Waals surface area contributed by atoms with Crippen molar-refractivity contribution in [2.45, 2.75) is 46.1 Å². The number of nitrogens with two attached hydrogens (primary N) is 1. The van der Waals surface area contributed by atoms with Crippen LogP contribution in [0, 0.1) is 5.41 Å². The molecule has 0 fully saturated rings. The van der Waals surface area contributed by atoms with Gasteiger partial charge in [0, 0.05) is 13.0 Å². The van der Waals surface area contributed by atoms with Crippen LogP contribution >= 0.6 is 0 Å². The number of urea groups is 1. The third-order valence-electron chi connectivity index (χ3n) is 2.52. The van der Waals surface area contributed by atoms with Gasteiger partial charge >= 0.3 is 12.0 Å². The van der Waals surface area contributed by atoms with Crippen molar-refractivity contribution in [3.63, 3.8) is 0 Å². The quantitative estimate of drug-likeness (QED) is 0.503. The van der Waals surface area contributed by atoms with Crippen molar-refractivity contribution in [1.82, 2.24) is 10.6 Å². The number of hydrogen-bond donors (Lipinski definition) is 4.